The first kappa shape index (κ1) is 30.0. The van der Waals surface area contributed by atoms with Crippen molar-refractivity contribution >= 4 is 38.0 Å². The molecule has 0 aliphatic carbocycles. The van der Waals surface area contributed by atoms with E-state index in [1.54, 1.807) is 18.2 Å². The number of amides is 1. The molecule has 1 aromatic heterocycles. The SMILES string of the molecule is CN1CCC(Nc2ccc(C(N)=O)c(NC3CCOCC3)c2-c2n[nH]c3ccc(S(=O)(=O)c4cc(F)cc(F)c4)cc23)CC1. The average molecular weight is 625 g/mol. The van der Waals surface area contributed by atoms with E-state index in [0.29, 0.717) is 52.8 Å². The molecule has 0 saturated carbocycles. The Balaban J connectivity index is 1.52. The van der Waals surface area contributed by atoms with Crippen LogP contribution in [0.5, 0.6) is 0 Å². The van der Waals surface area contributed by atoms with Gasteiger partial charge in [-0.1, -0.05) is 0 Å². The Hall–Kier alpha value is -4.07. The van der Waals surface area contributed by atoms with E-state index in [-0.39, 0.29) is 22.5 Å². The van der Waals surface area contributed by atoms with Gasteiger partial charge >= 0.3 is 0 Å². The standard InChI is InChI=1S/C31H34F2N6O4S/c1-39-10-6-20(7-11-39)35-27-5-3-24(31(34)40)29(36-21-8-12-43-13-9-21)28(27)30-25-17-22(2-4-26(25)37-38-30)44(41,42)23-15-18(32)14-19(33)16-23/h2-5,14-17,20-21,35-36H,6-13H2,1H3,(H2,34,40)(H,37,38). The first-order valence-corrected chi connectivity index (χ1v) is 16.0. The number of H-pyrrole nitrogens is 1. The largest absolute Gasteiger partial charge is 0.382 e. The number of carbonyl (C=O) groups excluding carboxylic acids is 1. The van der Waals surface area contributed by atoms with E-state index in [1.807, 2.05) is 0 Å². The maximum atomic E-state index is 14.0. The van der Waals surface area contributed by atoms with E-state index < -0.39 is 32.3 Å². The van der Waals surface area contributed by atoms with Gasteiger partial charge in [0.25, 0.3) is 5.91 Å². The molecule has 2 aliphatic heterocycles. The predicted molar refractivity (Wildman–Crippen MR) is 163 cm³/mol. The molecule has 3 heterocycles. The van der Waals surface area contributed by atoms with Crippen LogP contribution in [0.1, 0.15) is 36.0 Å². The molecule has 0 spiro atoms. The molecule has 0 atom stereocenters. The van der Waals surface area contributed by atoms with Crippen LogP contribution in [0, 0.1) is 11.6 Å². The minimum absolute atomic E-state index is 0.00296. The number of hydrogen-bond acceptors (Lipinski definition) is 8. The number of aromatic amines is 1. The van der Waals surface area contributed by atoms with E-state index in [4.69, 9.17) is 10.5 Å². The van der Waals surface area contributed by atoms with Crippen LogP contribution in [0.15, 0.2) is 58.3 Å². The number of likely N-dealkylation sites (tertiary alicyclic amines) is 1. The number of sulfone groups is 1. The van der Waals surface area contributed by atoms with Crippen molar-refractivity contribution in [3.05, 3.63) is 65.7 Å². The molecule has 44 heavy (non-hydrogen) atoms. The van der Waals surface area contributed by atoms with Crippen LogP contribution in [0.4, 0.5) is 20.2 Å². The fourth-order valence-electron chi connectivity index (χ4n) is 5.91. The lowest BCUT2D eigenvalue weighted by Gasteiger charge is -2.32. The van der Waals surface area contributed by atoms with Gasteiger partial charge in [0, 0.05) is 48.0 Å². The lowest BCUT2D eigenvalue weighted by atomic mass is 9.96. The zero-order valence-electron chi connectivity index (χ0n) is 24.2. The highest BCUT2D eigenvalue weighted by Crippen LogP contribution is 2.42. The molecule has 232 valence electrons. The third-order valence-electron chi connectivity index (χ3n) is 8.35. The molecule has 13 heteroatoms. The quantitative estimate of drug-likeness (QED) is 0.224. The summed E-state index contributed by atoms with van der Waals surface area (Å²) < 4.78 is 60.5. The molecular formula is C31H34F2N6O4S. The van der Waals surface area contributed by atoms with Gasteiger partial charge in [-0.15, -0.1) is 0 Å². The van der Waals surface area contributed by atoms with Crippen molar-refractivity contribution in [3.63, 3.8) is 0 Å². The van der Waals surface area contributed by atoms with E-state index >= 15 is 0 Å². The summed E-state index contributed by atoms with van der Waals surface area (Å²) in [6, 6.07) is 10.2. The number of aromatic nitrogens is 2. The van der Waals surface area contributed by atoms with Crippen molar-refractivity contribution < 1.29 is 26.7 Å². The average Bonchev–Trinajstić information content (AvgIpc) is 3.41. The van der Waals surface area contributed by atoms with E-state index in [0.717, 1.165) is 50.9 Å². The maximum absolute atomic E-state index is 14.0. The number of piperidine rings is 1. The number of fused-ring (bicyclic) bond motifs is 1. The van der Waals surface area contributed by atoms with Gasteiger partial charge in [0.2, 0.25) is 9.84 Å². The third-order valence-corrected chi connectivity index (χ3v) is 10.1. The van der Waals surface area contributed by atoms with Crippen LogP contribution in [0.25, 0.3) is 22.2 Å². The van der Waals surface area contributed by atoms with Gasteiger partial charge in [-0.3, -0.25) is 9.89 Å². The van der Waals surface area contributed by atoms with Gasteiger partial charge in [-0.25, -0.2) is 17.2 Å². The smallest absolute Gasteiger partial charge is 0.250 e. The molecule has 3 aromatic carbocycles. The molecule has 5 N–H and O–H groups in total. The Kier molecular flexibility index (Phi) is 8.27. The normalized spacial score (nSPS) is 17.2. The molecule has 1 amide bonds. The van der Waals surface area contributed by atoms with Crippen molar-refractivity contribution in [2.45, 2.75) is 47.6 Å². The highest BCUT2D eigenvalue weighted by Gasteiger charge is 2.28. The van der Waals surface area contributed by atoms with Crippen molar-refractivity contribution in [2.75, 3.05) is 44.0 Å². The van der Waals surface area contributed by atoms with Crippen LogP contribution in [-0.4, -0.2) is 74.9 Å². The minimum Gasteiger partial charge on any atom is -0.382 e. The zero-order valence-corrected chi connectivity index (χ0v) is 25.0. The second-order valence-electron chi connectivity index (χ2n) is 11.4. The molecule has 4 aromatic rings. The Bertz CT molecular complexity index is 1800. The number of primary amides is 1. The Labute approximate surface area is 253 Å². The van der Waals surface area contributed by atoms with Gasteiger partial charge < -0.3 is 26.0 Å². The number of anilines is 2. The topological polar surface area (TPSA) is 142 Å². The van der Waals surface area contributed by atoms with Crippen molar-refractivity contribution in [3.8, 4) is 11.3 Å². The Morgan fingerprint density at radius 1 is 0.955 bits per heavy atom. The van der Waals surface area contributed by atoms with Crippen molar-refractivity contribution in [2.24, 2.45) is 5.73 Å². The summed E-state index contributed by atoms with van der Waals surface area (Å²) in [5, 5.41) is 15.2. The lowest BCUT2D eigenvalue weighted by Crippen LogP contribution is -2.37. The molecule has 2 fully saturated rings. The van der Waals surface area contributed by atoms with E-state index in [1.165, 1.54) is 12.1 Å². The summed E-state index contributed by atoms with van der Waals surface area (Å²) in [7, 11) is -2.21. The molecular weight excluding hydrogens is 590 g/mol. The molecule has 0 bridgehead atoms. The van der Waals surface area contributed by atoms with E-state index in [2.05, 4.69) is 32.8 Å². The molecule has 0 radical (unpaired) electrons. The number of nitrogens with one attached hydrogen (secondary N) is 3. The zero-order chi connectivity index (χ0) is 31.0. The second-order valence-corrected chi connectivity index (χ2v) is 13.4. The monoisotopic (exact) mass is 624 g/mol. The van der Waals surface area contributed by atoms with Gasteiger partial charge in [-0.05, 0) is 88.3 Å². The molecule has 10 nitrogen and oxygen atoms in total. The van der Waals surface area contributed by atoms with Crippen LogP contribution < -0.4 is 16.4 Å². The van der Waals surface area contributed by atoms with Gasteiger partial charge in [0.15, 0.2) is 0 Å². The second kappa shape index (κ2) is 12.1. The fraction of sp³-hybridized carbons (Fsp3) is 0.355. The van der Waals surface area contributed by atoms with Crippen LogP contribution in [-0.2, 0) is 14.6 Å². The van der Waals surface area contributed by atoms with Crippen molar-refractivity contribution in [1.82, 2.24) is 15.1 Å². The van der Waals surface area contributed by atoms with E-state index in [9.17, 15) is 22.0 Å². The number of benzene rings is 3. The summed E-state index contributed by atoms with van der Waals surface area (Å²) >= 11 is 0. The first-order valence-electron chi connectivity index (χ1n) is 14.6. The summed E-state index contributed by atoms with van der Waals surface area (Å²) in [6.07, 6.45) is 3.25. The van der Waals surface area contributed by atoms with Crippen molar-refractivity contribution in [1.29, 1.82) is 0 Å². The summed E-state index contributed by atoms with van der Waals surface area (Å²) in [5.74, 6) is -2.61. The number of ether oxygens (including phenoxy) is 1. The molecule has 2 aliphatic rings. The first-order chi connectivity index (χ1) is 21.1. The van der Waals surface area contributed by atoms with Gasteiger partial charge in [-0.2, -0.15) is 5.10 Å². The number of halogens is 2. The summed E-state index contributed by atoms with van der Waals surface area (Å²) in [5.41, 5.74) is 8.87. The maximum Gasteiger partial charge on any atom is 0.250 e. The summed E-state index contributed by atoms with van der Waals surface area (Å²) in [4.78, 5) is 14.4. The molecule has 2 saturated heterocycles. The highest BCUT2D eigenvalue weighted by molar-refractivity contribution is 7.91. The van der Waals surface area contributed by atoms with Crippen LogP contribution in [0.2, 0.25) is 0 Å². The Morgan fingerprint density at radius 3 is 2.32 bits per heavy atom. The highest BCUT2D eigenvalue weighted by atomic mass is 32.2. The third kappa shape index (κ3) is 5.99. The predicted octanol–water partition coefficient (Wildman–Crippen LogP) is 4.54. The number of nitrogens with two attached hydrogens (primary N) is 1. The van der Waals surface area contributed by atoms with Crippen LogP contribution in [0.3, 0.4) is 0 Å². The Morgan fingerprint density at radius 2 is 1.64 bits per heavy atom. The molecule has 0 unspecified atom stereocenters. The number of carbonyl (C=O) groups is 1. The summed E-state index contributed by atoms with van der Waals surface area (Å²) in [6.45, 7) is 2.99. The number of hydrogen-bond donors (Lipinski definition) is 4. The minimum atomic E-state index is -4.29. The molecule has 6 rings (SSSR count). The van der Waals surface area contributed by atoms with Gasteiger partial charge in [0.1, 0.15) is 17.3 Å². The van der Waals surface area contributed by atoms with Gasteiger partial charge in [0.05, 0.1) is 26.6 Å². The number of rotatable bonds is 8. The fourth-order valence-corrected chi connectivity index (χ4v) is 7.24. The van der Waals surface area contributed by atoms with Crippen LogP contribution >= 0.6 is 0 Å². The lowest BCUT2D eigenvalue weighted by molar-refractivity contribution is 0.0904. The number of nitrogens with zero attached hydrogens (tertiary/aromatic N) is 2.